The van der Waals surface area contributed by atoms with Crippen molar-refractivity contribution in [2.75, 3.05) is 36.0 Å². The SMILES string of the molecule is O=C(NC1CC1)c1cc(N2CCN(c3ccccc3Cl)CC2)nc2ccccc12. The van der Waals surface area contributed by atoms with Crippen LogP contribution in [0.3, 0.4) is 0 Å². The van der Waals surface area contributed by atoms with Crippen LogP contribution in [-0.4, -0.2) is 43.1 Å². The predicted molar refractivity (Wildman–Crippen MR) is 118 cm³/mol. The summed E-state index contributed by atoms with van der Waals surface area (Å²) in [6.07, 6.45) is 2.15. The van der Waals surface area contributed by atoms with Gasteiger partial charge in [-0.1, -0.05) is 41.9 Å². The van der Waals surface area contributed by atoms with Crippen LogP contribution in [0.5, 0.6) is 0 Å². The number of piperazine rings is 1. The lowest BCUT2D eigenvalue weighted by Gasteiger charge is -2.37. The first kappa shape index (κ1) is 18.3. The summed E-state index contributed by atoms with van der Waals surface area (Å²) in [5.41, 5.74) is 2.65. The van der Waals surface area contributed by atoms with Crippen LogP contribution in [0.1, 0.15) is 23.2 Å². The molecular formula is C23H23ClN4O. The third-order valence-corrected chi connectivity index (χ3v) is 5.98. The number of nitrogens with zero attached hydrogens (tertiary/aromatic N) is 3. The maximum atomic E-state index is 12.8. The number of amides is 1. The van der Waals surface area contributed by atoms with Crippen LogP contribution in [0.15, 0.2) is 54.6 Å². The summed E-state index contributed by atoms with van der Waals surface area (Å²) < 4.78 is 0. The zero-order valence-corrected chi connectivity index (χ0v) is 16.9. The Balaban J connectivity index is 1.40. The van der Waals surface area contributed by atoms with Crippen molar-refractivity contribution in [2.24, 2.45) is 0 Å². The third kappa shape index (κ3) is 3.75. The molecule has 2 aromatic carbocycles. The van der Waals surface area contributed by atoms with Gasteiger partial charge in [0.2, 0.25) is 0 Å². The molecule has 29 heavy (non-hydrogen) atoms. The number of aromatic nitrogens is 1. The van der Waals surface area contributed by atoms with Crippen LogP contribution >= 0.6 is 11.6 Å². The maximum absolute atomic E-state index is 12.8. The lowest BCUT2D eigenvalue weighted by Crippen LogP contribution is -2.47. The molecule has 6 heteroatoms. The molecule has 1 saturated heterocycles. The number of para-hydroxylation sites is 2. The fourth-order valence-electron chi connectivity index (χ4n) is 3.89. The number of fused-ring (bicyclic) bond motifs is 1. The van der Waals surface area contributed by atoms with E-state index in [1.165, 1.54) is 0 Å². The highest BCUT2D eigenvalue weighted by Gasteiger charge is 2.26. The largest absolute Gasteiger partial charge is 0.367 e. The van der Waals surface area contributed by atoms with Crippen LogP contribution in [0.25, 0.3) is 10.9 Å². The second-order valence-corrected chi connectivity index (χ2v) is 8.13. The molecule has 1 aliphatic heterocycles. The third-order valence-electron chi connectivity index (χ3n) is 5.66. The molecule has 1 N–H and O–H groups in total. The number of pyridine rings is 1. The minimum atomic E-state index is 0.00190. The molecule has 1 aliphatic carbocycles. The Bertz CT molecular complexity index is 1060. The summed E-state index contributed by atoms with van der Waals surface area (Å²) >= 11 is 6.37. The molecule has 0 spiro atoms. The van der Waals surface area contributed by atoms with Crippen molar-refractivity contribution in [1.82, 2.24) is 10.3 Å². The standard InChI is InChI=1S/C23H23ClN4O/c24-19-6-2-4-8-21(19)27-11-13-28(14-12-27)22-15-18(23(29)25-16-9-10-16)17-5-1-3-7-20(17)26-22/h1-8,15-16H,9-14H2,(H,25,29). The number of rotatable bonds is 4. The fourth-order valence-corrected chi connectivity index (χ4v) is 4.14. The van der Waals surface area contributed by atoms with Gasteiger partial charge in [0.05, 0.1) is 21.8 Å². The first-order chi connectivity index (χ1) is 14.2. The van der Waals surface area contributed by atoms with E-state index in [0.717, 1.165) is 66.5 Å². The van der Waals surface area contributed by atoms with E-state index in [0.29, 0.717) is 11.6 Å². The van der Waals surface area contributed by atoms with Gasteiger partial charge in [0, 0.05) is 37.6 Å². The van der Waals surface area contributed by atoms with E-state index < -0.39 is 0 Å². The van der Waals surface area contributed by atoms with E-state index >= 15 is 0 Å². The van der Waals surface area contributed by atoms with Gasteiger partial charge in [-0.3, -0.25) is 4.79 Å². The molecule has 5 nitrogen and oxygen atoms in total. The normalized spacial score (nSPS) is 16.9. The van der Waals surface area contributed by atoms with Gasteiger partial charge in [-0.15, -0.1) is 0 Å². The van der Waals surface area contributed by atoms with Crippen LogP contribution in [0.2, 0.25) is 5.02 Å². The Hall–Kier alpha value is -2.79. The number of halogens is 1. The fraction of sp³-hybridized carbons (Fsp3) is 0.304. The highest BCUT2D eigenvalue weighted by molar-refractivity contribution is 6.33. The van der Waals surface area contributed by atoms with Gasteiger partial charge in [0.1, 0.15) is 5.82 Å². The van der Waals surface area contributed by atoms with Crippen molar-refractivity contribution in [2.45, 2.75) is 18.9 Å². The molecule has 1 saturated carbocycles. The Morgan fingerprint density at radius 1 is 0.966 bits per heavy atom. The molecule has 5 rings (SSSR count). The van der Waals surface area contributed by atoms with Crippen molar-refractivity contribution in [3.63, 3.8) is 0 Å². The Morgan fingerprint density at radius 2 is 1.66 bits per heavy atom. The molecule has 1 amide bonds. The van der Waals surface area contributed by atoms with Crippen LogP contribution in [0.4, 0.5) is 11.5 Å². The van der Waals surface area contributed by atoms with Gasteiger partial charge >= 0.3 is 0 Å². The van der Waals surface area contributed by atoms with Gasteiger partial charge in [-0.2, -0.15) is 0 Å². The lowest BCUT2D eigenvalue weighted by atomic mass is 10.1. The summed E-state index contributed by atoms with van der Waals surface area (Å²) in [7, 11) is 0. The van der Waals surface area contributed by atoms with Crippen molar-refractivity contribution in [1.29, 1.82) is 0 Å². The zero-order chi connectivity index (χ0) is 19.8. The van der Waals surface area contributed by atoms with Gasteiger partial charge in [-0.25, -0.2) is 4.98 Å². The van der Waals surface area contributed by atoms with Crippen molar-refractivity contribution < 1.29 is 4.79 Å². The molecule has 1 aromatic heterocycles. The first-order valence-electron chi connectivity index (χ1n) is 10.1. The highest BCUT2D eigenvalue weighted by atomic mass is 35.5. The molecule has 2 heterocycles. The van der Waals surface area contributed by atoms with E-state index in [4.69, 9.17) is 16.6 Å². The minimum Gasteiger partial charge on any atom is -0.367 e. The molecule has 148 valence electrons. The summed E-state index contributed by atoms with van der Waals surface area (Å²) in [6, 6.07) is 18.1. The molecule has 0 bridgehead atoms. The number of carbonyl (C=O) groups excluding carboxylic acids is 1. The number of anilines is 2. The summed E-state index contributed by atoms with van der Waals surface area (Å²) in [5, 5.41) is 4.81. The number of hydrogen-bond acceptors (Lipinski definition) is 4. The molecule has 0 unspecified atom stereocenters. The highest BCUT2D eigenvalue weighted by Crippen LogP contribution is 2.29. The van der Waals surface area contributed by atoms with E-state index in [9.17, 15) is 4.79 Å². The second-order valence-electron chi connectivity index (χ2n) is 7.72. The second kappa shape index (κ2) is 7.56. The van der Waals surface area contributed by atoms with Gasteiger partial charge < -0.3 is 15.1 Å². The molecular weight excluding hydrogens is 384 g/mol. The van der Waals surface area contributed by atoms with Crippen LogP contribution < -0.4 is 15.1 Å². The van der Waals surface area contributed by atoms with Gasteiger partial charge in [0.25, 0.3) is 5.91 Å². The smallest absolute Gasteiger partial charge is 0.252 e. The Kier molecular flexibility index (Phi) is 4.76. The summed E-state index contributed by atoms with van der Waals surface area (Å²) in [5.74, 6) is 0.866. The molecule has 0 radical (unpaired) electrons. The lowest BCUT2D eigenvalue weighted by molar-refractivity contribution is 0.0952. The van der Waals surface area contributed by atoms with E-state index in [1.54, 1.807) is 0 Å². The number of carbonyl (C=O) groups is 1. The molecule has 2 fully saturated rings. The van der Waals surface area contributed by atoms with E-state index in [2.05, 4.69) is 21.2 Å². The number of benzene rings is 2. The number of nitrogens with one attached hydrogen (secondary N) is 1. The topological polar surface area (TPSA) is 48.5 Å². The van der Waals surface area contributed by atoms with E-state index in [1.807, 2.05) is 48.5 Å². The van der Waals surface area contributed by atoms with Gasteiger partial charge in [0.15, 0.2) is 0 Å². The average molecular weight is 407 g/mol. The first-order valence-corrected chi connectivity index (χ1v) is 10.5. The molecule has 2 aliphatic rings. The predicted octanol–water partition coefficient (Wildman–Crippen LogP) is 4.11. The molecule has 0 atom stereocenters. The maximum Gasteiger partial charge on any atom is 0.252 e. The van der Waals surface area contributed by atoms with Crippen LogP contribution in [0, 0.1) is 0 Å². The quantitative estimate of drug-likeness (QED) is 0.708. The number of hydrogen-bond donors (Lipinski definition) is 1. The average Bonchev–Trinajstić information content (AvgIpc) is 3.57. The Labute approximate surface area is 175 Å². The minimum absolute atomic E-state index is 0.00190. The van der Waals surface area contributed by atoms with E-state index in [-0.39, 0.29) is 5.91 Å². The van der Waals surface area contributed by atoms with Gasteiger partial charge in [-0.05, 0) is 37.1 Å². The summed E-state index contributed by atoms with van der Waals surface area (Å²) in [6.45, 7) is 3.39. The van der Waals surface area contributed by atoms with Crippen molar-refractivity contribution in [3.05, 3.63) is 65.2 Å². The Morgan fingerprint density at radius 3 is 2.41 bits per heavy atom. The van der Waals surface area contributed by atoms with Crippen molar-refractivity contribution >= 4 is 39.9 Å². The summed E-state index contributed by atoms with van der Waals surface area (Å²) in [4.78, 5) is 22.3. The zero-order valence-electron chi connectivity index (χ0n) is 16.1. The van der Waals surface area contributed by atoms with Crippen molar-refractivity contribution in [3.8, 4) is 0 Å². The monoisotopic (exact) mass is 406 g/mol. The van der Waals surface area contributed by atoms with Crippen LogP contribution in [-0.2, 0) is 0 Å². The molecule has 3 aromatic rings.